The van der Waals surface area contributed by atoms with Crippen molar-refractivity contribution in [2.75, 3.05) is 20.3 Å². The van der Waals surface area contributed by atoms with Crippen molar-refractivity contribution >= 4 is 0 Å². The second kappa shape index (κ2) is 7.06. The maximum atomic E-state index is 5.05. The smallest absolute Gasteiger partial charge is 0.0951 e. The highest BCUT2D eigenvalue weighted by molar-refractivity contribution is 5.01. The van der Waals surface area contributed by atoms with Crippen molar-refractivity contribution in [3.63, 3.8) is 0 Å². The molecule has 0 spiro atoms. The maximum Gasteiger partial charge on any atom is 0.0951 e. The summed E-state index contributed by atoms with van der Waals surface area (Å²) in [6, 6.07) is 0.625. The molecule has 1 N–H and O–H groups in total. The van der Waals surface area contributed by atoms with Crippen molar-refractivity contribution in [3.05, 3.63) is 18.2 Å². The first-order valence-corrected chi connectivity index (χ1v) is 7.41. The zero-order valence-electron chi connectivity index (χ0n) is 12.4. The van der Waals surface area contributed by atoms with Gasteiger partial charge in [-0.15, -0.1) is 0 Å². The number of ether oxygens (including phenoxy) is 1. The van der Waals surface area contributed by atoms with E-state index >= 15 is 0 Å². The Hall–Kier alpha value is -0.870. The summed E-state index contributed by atoms with van der Waals surface area (Å²) in [5.74, 6) is 1.65. The zero-order chi connectivity index (χ0) is 13.7. The summed E-state index contributed by atoms with van der Waals surface area (Å²) in [6.07, 6.45) is 7.93. The fraction of sp³-hybridized carbons (Fsp3) is 0.800. The molecule has 0 saturated heterocycles. The molecule has 0 radical (unpaired) electrons. The summed E-state index contributed by atoms with van der Waals surface area (Å²) < 4.78 is 7.43. The van der Waals surface area contributed by atoms with Crippen molar-refractivity contribution in [1.29, 1.82) is 0 Å². The normalized spacial score (nSPS) is 27.6. The second-order valence-electron chi connectivity index (χ2n) is 6.03. The van der Waals surface area contributed by atoms with Crippen LogP contribution >= 0.6 is 0 Å². The first kappa shape index (κ1) is 14.5. The Morgan fingerprint density at radius 3 is 2.74 bits per heavy atom. The molecule has 0 aromatic carbocycles. The van der Waals surface area contributed by atoms with E-state index in [9.17, 15) is 0 Å². The highest BCUT2D eigenvalue weighted by Crippen LogP contribution is 2.36. The minimum Gasteiger partial charge on any atom is -0.383 e. The molecule has 0 aliphatic heterocycles. The van der Waals surface area contributed by atoms with E-state index < -0.39 is 0 Å². The van der Waals surface area contributed by atoms with Gasteiger partial charge in [-0.3, -0.25) is 0 Å². The van der Waals surface area contributed by atoms with Gasteiger partial charge in [0.1, 0.15) is 0 Å². The molecule has 4 nitrogen and oxygen atoms in total. The highest BCUT2D eigenvalue weighted by atomic mass is 16.5. The monoisotopic (exact) mass is 265 g/mol. The first-order valence-electron chi connectivity index (χ1n) is 7.41. The summed E-state index contributed by atoms with van der Waals surface area (Å²) in [5.41, 5.74) is 1.29. The standard InChI is InChI=1S/C15H27N3O/c1-12-6-13(2)8-14(7-12)18-11-17-10-15(18)9-16-4-5-19-3/h10-14,16H,4-9H2,1-3H3. The molecule has 108 valence electrons. The summed E-state index contributed by atoms with van der Waals surface area (Å²) in [5, 5.41) is 3.40. The Morgan fingerprint density at radius 1 is 1.32 bits per heavy atom. The highest BCUT2D eigenvalue weighted by Gasteiger charge is 2.25. The van der Waals surface area contributed by atoms with Crippen LogP contribution < -0.4 is 5.32 Å². The molecule has 2 rings (SSSR count). The van der Waals surface area contributed by atoms with Crippen LogP contribution in [0.1, 0.15) is 44.8 Å². The SMILES string of the molecule is COCCNCc1cncn1C1CC(C)CC(C)C1. The van der Waals surface area contributed by atoms with Crippen molar-refractivity contribution in [1.82, 2.24) is 14.9 Å². The van der Waals surface area contributed by atoms with Gasteiger partial charge < -0.3 is 14.6 Å². The van der Waals surface area contributed by atoms with Gasteiger partial charge >= 0.3 is 0 Å². The van der Waals surface area contributed by atoms with Gasteiger partial charge in [0.15, 0.2) is 0 Å². The summed E-state index contributed by atoms with van der Waals surface area (Å²) >= 11 is 0. The molecule has 1 aromatic rings. The van der Waals surface area contributed by atoms with Crippen molar-refractivity contribution < 1.29 is 4.74 Å². The van der Waals surface area contributed by atoms with Crippen LogP contribution in [0.2, 0.25) is 0 Å². The average Bonchev–Trinajstić information content (AvgIpc) is 2.82. The number of methoxy groups -OCH3 is 1. The summed E-state index contributed by atoms with van der Waals surface area (Å²) in [6.45, 7) is 7.26. The Labute approximate surface area is 116 Å². The topological polar surface area (TPSA) is 39.1 Å². The third-order valence-corrected chi connectivity index (χ3v) is 4.08. The number of imidazole rings is 1. The number of hydrogen-bond donors (Lipinski definition) is 1. The van der Waals surface area contributed by atoms with E-state index in [0.29, 0.717) is 6.04 Å². The number of nitrogens with one attached hydrogen (secondary N) is 1. The van der Waals surface area contributed by atoms with Gasteiger partial charge in [0.2, 0.25) is 0 Å². The Morgan fingerprint density at radius 2 is 2.05 bits per heavy atom. The lowest BCUT2D eigenvalue weighted by atomic mass is 9.80. The van der Waals surface area contributed by atoms with Gasteiger partial charge in [0, 0.05) is 32.4 Å². The van der Waals surface area contributed by atoms with Crippen LogP contribution in [-0.4, -0.2) is 29.8 Å². The van der Waals surface area contributed by atoms with Crippen molar-refractivity contribution in [2.24, 2.45) is 11.8 Å². The molecule has 2 unspecified atom stereocenters. The largest absolute Gasteiger partial charge is 0.383 e. The lowest BCUT2D eigenvalue weighted by molar-refractivity contribution is 0.197. The van der Waals surface area contributed by atoms with Gasteiger partial charge in [-0.2, -0.15) is 0 Å². The quantitative estimate of drug-likeness (QED) is 0.804. The van der Waals surface area contributed by atoms with E-state index in [1.165, 1.54) is 25.0 Å². The first-order chi connectivity index (χ1) is 9.20. The third kappa shape index (κ3) is 4.05. The molecule has 19 heavy (non-hydrogen) atoms. The number of nitrogens with zero attached hydrogens (tertiary/aromatic N) is 2. The van der Waals surface area contributed by atoms with Gasteiger partial charge in [-0.25, -0.2) is 4.98 Å². The van der Waals surface area contributed by atoms with Crippen LogP contribution in [0.4, 0.5) is 0 Å². The van der Waals surface area contributed by atoms with Crippen LogP contribution in [0.25, 0.3) is 0 Å². The number of aromatic nitrogens is 2. The summed E-state index contributed by atoms with van der Waals surface area (Å²) in [7, 11) is 1.73. The van der Waals surface area contributed by atoms with Crippen LogP contribution in [0.5, 0.6) is 0 Å². The molecule has 2 atom stereocenters. The molecule has 1 heterocycles. The minimum absolute atomic E-state index is 0.625. The maximum absolute atomic E-state index is 5.05. The average molecular weight is 265 g/mol. The lowest BCUT2D eigenvalue weighted by Crippen LogP contribution is -2.26. The predicted molar refractivity (Wildman–Crippen MR) is 77.0 cm³/mol. The Kier molecular flexibility index (Phi) is 5.40. The fourth-order valence-electron chi connectivity index (χ4n) is 3.32. The Bertz CT molecular complexity index is 367. The van der Waals surface area contributed by atoms with Crippen LogP contribution in [0.3, 0.4) is 0 Å². The molecule has 1 aromatic heterocycles. The van der Waals surface area contributed by atoms with E-state index in [1.807, 2.05) is 12.5 Å². The molecule has 1 saturated carbocycles. The molecule has 0 amide bonds. The van der Waals surface area contributed by atoms with E-state index in [2.05, 4.69) is 28.7 Å². The van der Waals surface area contributed by atoms with Crippen molar-refractivity contribution in [2.45, 2.75) is 45.7 Å². The van der Waals surface area contributed by atoms with Crippen molar-refractivity contribution in [3.8, 4) is 0 Å². The molecule has 1 fully saturated rings. The van der Waals surface area contributed by atoms with E-state index in [4.69, 9.17) is 4.74 Å². The van der Waals surface area contributed by atoms with Crippen LogP contribution in [0.15, 0.2) is 12.5 Å². The van der Waals surface area contributed by atoms with Crippen LogP contribution in [-0.2, 0) is 11.3 Å². The zero-order valence-corrected chi connectivity index (χ0v) is 12.4. The minimum atomic E-state index is 0.625. The van der Waals surface area contributed by atoms with E-state index in [1.54, 1.807) is 7.11 Å². The third-order valence-electron chi connectivity index (χ3n) is 4.08. The number of rotatable bonds is 6. The fourth-order valence-corrected chi connectivity index (χ4v) is 3.32. The molecule has 1 aliphatic rings. The van der Waals surface area contributed by atoms with E-state index in [0.717, 1.165) is 31.5 Å². The molecular formula is C15H27N3O. The van der Waals surface area contributed by atoms with Gasteiger partial charge in [-0.05, 0) is 31.1 Å². The lowest BCUT2D eigenvalue weighted by Gasteiger charge is -2.33. The predicted octanol–water partition coefficient (Wildman–Crippen LogP) is 2.62. The second-order valence-corrected chi connectivity index (χ2v) is 6.03. The van der Waals surface area contributed by atoms with Gasteiger partial charge in [-0.1, -0.05) is 13.8 Å². The van der Waals surface area contributed by atoms with E-state index in [-0.39, 0.29) is 0 Å². The Balaban J connectivity index is 1.94. The molecule has 4 heteroatoms. The molecular weight excluding hydrogens is 238 g/mol. The van der Waals surface area contributed by atoms with Gasteiger partial charge in [0.05, 0.1) is 18.6 Å². The summed E-state index contributed by atoms with van der Waals surface area (Å²) in [4.78, 5) is 4.34. The number of hydrogen-bond acceptors (Lipinski definition) is 3. The van der Waals surface area contributed by atoms with Gasteiger partial charge in [0.25, 0.3) is 0 Å². The molecule has 1 aliphatic carbocycles. The molecule has 0 bridgehead atoms. The van der Waals surface area contributed by atoms with Crippen LogP contribution in [0, 0.1) is 11.8 Å².